The number of β-amino-alcohol motifs (C(OH)–C–C–N with tert-alkyl or cyclic N) is 1. The smallest absolute Gasteiger partial charge is 0.138 e. The van der Waals surface area contributed by atoms with Crippen molar-refractivity contribution in [3.05, 3.63) is 29.8 Å². The van der Waals surface area contributed by atoms with E-state index < -0.39 is 6.10 Å². The average molecular weight is 221 g/mol. The van der Waals surface area contributed by atoms with Gasteiger partial charge in [-0.2, -0.15) is 0 Å². The third-order valence-electron chi connectivity index (χ3n) is 2.94. The Morgan fingerprint density at radius 2 is 2.19 bits per heavy atom. The van der Waals surface area contributed by atoms with Gasteiger partial charge in [-0.25, -0.2) is 0 Å². The molecule has 16 heavy (non-hydrogen) atoms. The van der Waals surface area contributed by atoms with Crippen LogP contribution in [0.2, 0.25) is 0 Å². The summed E-state index contributed by atoms with van der Waals surface area (Å²) in [6, 6.07) is 8.09. The first-order chi connectivity index (χ1) is 7.66. The van der Waals surface area contributed by atoms with Crippen LogP contribution in [0.5, 0.6) is 5.75 Å². The molecule has 0 bridgehead atoms. The SMILES string of the molecule is CC(C)c1cccc(OC2CNCC2O)c1. The Balaban J connectivity index is 2.06. The van der Waals surface area contributed by atoms with Crippen LogP contribution in [0.1, 0.15) is 25.3 Å². The molecule has 2 N–H and O–H groups in total. The molecule has 1 fully saturated rings. The number of hydrogen-bond acceptors (Lipinski definition) is 3. The lowest BCUT2D eigenvalue weighted by molar-refractivity contribution is 0.0737. The Morgan fingerprint density at radius 3 is 2.81 bits per heavy atom. The van der Waals surface area contributed by atoms with Crippen LogP contribution in [-0.4, -0.2) is 30.4 Å². The Kier molecular flexibility index (Phi) is 3.46. The fraction of sp³-hybridized carbons (Fsp3) is 0.538. The third kappa shape index (κ3) is 2.54. The van der Waals surface area contributed by atoms with Crippen molar-refractivity contribution in [2.24, 2.45) is 0 Å². The van der Waals surface area contributed by atoms with Crippen LogP contribution in [0.15, 0.2) is 24.3 Å². The highest BCUT2D eigenvalue weighted by molar-refractivity contribution is 5.30. The van der Waals surface area contributed by atoms with Gasteiger partial charge in [-0.1, -0.05) is 26.0 Å². The molecule has 3 heteroatoms. The largest absolute Gasteiger partial charge is 0.486 e. The van der Waals surface area contributed by atoms with E-state index in [-0.39, 0.29) is 6.10 Å². The van der Waals surface area contributed by atoms with Crippen LogP contribution in [0.25, 0.3) is 0 Å². The molecule has 1 aromatic rings. The second-order valence-corrected chi connectivity index (χ2v) is 4.61. The average Bonchev–Trinajstić information content (AvgIpc) is 2.65. The van der Waals surface area contributed by atoms with Gasteiger partial charge >= 0.3 is 0 Å². The number of aliphatic hydroxyl groups is 1. The predicted octanol–water partition coefficient (Wildman–Crippen LogP) is 1.52. The summed E-state index contributed by atoms with van der Waals surface area (Å²) in [5.74, 6) is 1.34. The monoisotopic (exact) mass is 221 g/mol. The van der Waals surface area contributed by atoms with Gasteiger partial charge in [0.25, 0.3) is 0 Å². The van der Waals surface area contributed by atoms with Crippen molar-refractivity contribution in [1.82, 2.24) is 5.32 Å². The van der Waals surface area contributed by atoms with Crippen molar-refractivity contribution in [2.45, 2.75) is 32.0 Å². The molecule has 1 aromatic carbocycles. The molecule has 0 aromatic heterocycles. The second kappa shape index (κ2) is 4.85. The van der Waals surface area contributed by atoms with E-state index in [0.29, 0.717) is 19.0 Å². The summed E-state index contributed by atoms with van der Waals surface area (Å²) in [5, 5.41) is 12.7. The molecular weight excluding hydrogens is 202 g/mol. The van der Waals surface area contributed by atoms with E-state index >= 15 is 0 Å². The normalized spacial score (nSPS) is 25.0. The number of hydrogen-bond donors (Lipinski definition) is 2. The van der Waals surface area contributed by atoms with Crippen LogP contribution >= 0.6 is 0 Å². The minimum Gasteiger partial charge on any atom is -0.486 e. The van der Waals surface area contributed by atoms with Gasteiger partial charge in [0.15, 0.2) is 0 Å². The van der Waals surface area contributed by atoms with Crippen LogP contribution in [0.3, 0.4) is 0 Å². The molecule has 0 radical (unpaired) electrons. The number of aliphatic hydroxyl groups excluding tert-OH is 1. The lowest BCUT2D eigenvalue weighted by atomic mass is 10.0. The first-order valence-corrected chi connectivity index (χ1v) is 5.82. The van der Waals surface area contributed by atoms with Gasteiger partial charge in [0.05, 0.1) is 0 Å². The predicted molar refractivity (Wildman–Crippen MR) is 63.8 cm³/mol. The van der Waals surface area contributed by atoms with E-state index in [1.54, 1.807) is 0 Å². The van der Waals surface area contributed by atoms with Crippen molar-refractivity contribution < 1.29 is 9.84 Å². The van der Waals surface area contributed by atoms with Crippen LogP contribution in [0.4, 0.5) is 0 Å². The first kappa shape index (κ1) is 11.4. The van der Waals surface area contributed by atoms with E-state index in [2.05, 4.69) is 31.3 Å². The van der Waals surface area contributed by atoms with Crippen LogP contribution in [0, 0.1) is 0 Å². The van der Waals surface area contributed by atoms with Crippen molar-refractivity contribution in [1.29, 1.82) is 0 Å². The lowest BCUT2D eigenvalue weighted by Crippen LogP contribution is -2.29. The molecule has 2 atom stereocenters. The van der Waals surface area contributed by atoms with Gasteiger partial charge in [-0.15, -0.1) is 0 Å². The fourth-order valence-corrected chi connectivity index (χ4v) is 1.88. The summed E-state index contributed by atoms with van der Waals surface area (Å²) in [4.78, 5) is 0. The molecule has 0 amide bonds. The van der Waals surface area contributed by atoms with Gasteiger partial charge in [-0.3, -0.25) is 0 Å². The zero-order chi connectivity index (χ0) is 11.5. The van der Waals surface area contributed by atoms with Crippen molar-refractivity contribution in [2.75, 3.05) is 13.1 Å². The summed E-state index contributed by atoms with van der Waals surface area (Å²) in [6.45, 7) is 5.65. The zero-order valence-corrected chi connectivity index (χ0v) is 9.81. The highest BCUT2D eigenvalue weighted by Gasteiger charge is 2.26. The maximum absolute atomic E-state index is 9.64. The van der Waals surface area contributed by atoms with E-state index in [4.69, 9.17) is 4.74 Å². The summed E-state index contributed by atoms with van der Waals surface area (Å²) in [6.07, 6.45) is -0.523. The highest BCUT2D eigenvalue weighted by atomic mass is 16.5. The minimum atomic E-state index is -0.400. The molecule has 1 saturated heterocycles. The molecule has 88 valence electrons. The summed E-state index contributed by atoms with van der Waals surface area (Å²) < 4.78 is 5.77. The number of nitrogens with one attached hydrogen (secondary N) is 1. The Hall–Kier alpha value is -1.06. The fourth-order valence-electron chi connectivity index (χ4n) is 1.88. The molecule has 0 saturated carbocycles. The molecule has 0 spiro atoms. The second-order valence-electron chi connectivity index (χ2n) is 4.61. The van der Waals surface area contributed by atoms with Crippen molar-refractivity contribution in [3.8, 4) is 5.75 Å². The van der Waals surface area contributed by atoms with E-state index in [1.165, 1.54) is 5.56 Å². The highest BCUT2D eigenvalue weighted by Crippen LogP contribution is 2.22. The molecule has 3 nitrogen and oxygen atoms in total. The van der Waals surface area contributed by atoms with Gasteiger partial charge in [0.2, 0.25) is 0 Å². The summed E-state index contributed by atoms with van der Waals surface area (Å²) >= 11 is 0. The topological polar surface area (TPSA) is 41.5 Å². The summed E-state index contributed by atoms with van der Waals surface area (Å²) in [5.41, 5.74) is 1.26. The van der Waals surface area contributed by atoms with Gasteiger partial charge in [0, 0.05) is 13.1 Å². The molecule has 1 aliphatic rings. The quantitative estimate of drug-likeness (QED) is 0.813. The number of benzene rings is 1. The van der Waals surface area contributed by atoms with Crippen LogP contribution < -0.4 is 10.1 Å². The standard InChI is InChI=1S/C13H19NO2/c1-9(2)10-4-3-5-11(6-10)16-13-8-14-7-12(13)15/h3-6,9,12-15H,7-8H2,1-2H3. The Bertz CT molecular complexity index is 352. The number of rotatable bonds is 3. The maximum atomic E-state index is 9.64. The lowest BCUT2D eigenvalue weighted by Gasteiger charge is -2.17. The minimum absolute atomic E-state index is 0.123. The number of ether oxygens (including phenoxy) is 1. The Morgan fingerprint density at radius 1 is 1.38 bits per heavy atom. The first-order valence-electron chi connectivity index (χ1n) is 5.82. The third-order valence-corrected chi connectivity index (χ3v) is 2.94. The molecular formula is C13H19NO2. The molecule has 1 aliphatic heterocycles. The van der Waals surface area contributed by atoms with Crippen LogP contribution in [-0.2, 0) is 0 Å². The van der Waals surface area contributed by atoms with Crippen molar-refractivity contribution in [3.63, 3.8) is 0 Å². The maximum Gasteiger partial charge on any atom is 0.138 e. The summed E-state index contributed by atoms with van der Waals surface area (Å²) in [7, 11) is 0. The molecule has 2 rings (SSSR count). The van der Waals surface area contributed by atoms with Gasteiger partial charge in [-0.05, 0) is 23.6 Å². The van der Waals surface area contributed by atoms with Gasteiger partial charge in [0.1, 0.15) is 18.0 Å². The van der Waals surface area contributed by atoms with E-state index in [9.17, 15) is 5.11 Å². The zero-order valence-electron chi connectivity index (χ0n) is 9.81. The molecule has 2 unspecified atom stereocenters. The van der Waals surface area contributed by atoms with E-state index in [1.807, 2.05) is 12.1 Å². The Labute approximate surface area is 96.4 Å². The molecule has 0 aliphatic carbocycles. The van der Waals surface area contributed by atoms with Gasteiger partial charge < -0.3 is 15.2 Å². The molecule has 1 heterocycles. The van der Waals surface area contributed by atoms with E-state index in [0.717, 1.165) is 5.75 Å². The van der Waals surface area contributed by atoms with Crippen molar-refractivity contribution >= 4 is 0 Å².